The van der Waals surface area contributed by atoms with Crippen LogP contribution in [-0.4, -0.2) is 36.9 Å². The van der Waals surface area contributed by atoms with Crippen molar-refractivity contribution >= 4 is 23.2 Å². The summed E-state index contributed by atoms with van der Waals surface area (Å²) in [7, 11) is 0. The van der Waals surface area contributed by atoms with Gasteiger partial charge in [-0.3, -0.25) is 4.79 Å². The van der Waals surface area contributed by atoms with E-state index in [2.05, 4.69) is 25.9 Å². The number of fused-ring (bicyclic) bond motifs is 1. The first-order chi connectivity index (χ1) is 13.6. The maximum absolute atomic E-state index is 12.2. The predicted octanol–water partition coefficient (Wildman–Crippen LogP) is 2.38. The summed E-state index contributed by atoms with van der Waals surface area (Å²) >= 11 is 0. The highest BCUT2D eigenvalue weighted by atomic mass is 16.2. The number of amides is 1. The van der Waals surface area contributed by atoms with E-state index in [1.807, 2.05) is 73.1 Å². The Kier molecular flexibility index (Phi) is 4.67. The van der Waals surface area contributed by atoms with E-state index in [1.165, 1.54) is 0 Å². The number of rotatable bonds is 5. The van der Waals surface area contributed by atoms with Gasteiger partial charge in [-0.05, 0) is 38.1 Å². The van der Waals surface area contributed by atoms with Gasteiger partial charge in [0.25, 0.3) is 5.91 Å². The highest BCUT2D eigenvalue weighted by Crippen LogP contribution is 2.16. The molecule has 8 heteroatoms. The number of aryl methyl sites for hydroxylation is 1. The molecule has 0 saturated heterocycles. The van der Waals surface area contributed by atoms with Crippen molar-refractivity contribution in [2.75, 3.05) is 0 Å². The number of para-hydroxylation sites is 2. The Morgan fingerprint density at radius 3 is 2.68 bits per heavy atom. The molecule has 4 rings (SSSR count). The molecule has 140 valence electrons. The number of carbonyl (C=O) groups is 1. The molecule has 0 aliphatic carbocycles. The highest BCUT2D eigenvalue weighted by molar-refractivity contribution is 5.85. The Morgan fingerprint density at radius 1 is 1.11 bits per heavy atom. The summed E-state index contributed by atoms with van der Waals surface area (Å²) < 4.78 is 3.41. The van der Waals surface area contributed by atoms with E-state index in [-0.39, 0.29) is 12.5 Å². The van der Waals surface area contributed by atoms with Crippen LogP contribution in [0.4, 0.5) is 0 Å². The van der Waals surface area contributed by atoms with Gasteiger partial charge >= 0.3 is 0 Å². The molecule has 0 aliphatic heterocycles. The lowest BCUT2D eigenvalue weighted by molar-refractivity contribution is -0.121. The van der Waals surface area contributed by atoms with Crippen molar-refractivity contribution in [3.8, 4) is 5.69 Å². The molecule has 4 aromatic rings. The minimum Gasteiger partial charge on any atom is -0.271 e. The third-order valence-corrected chi connectivity index (χ3v) is 4.44. The lowest BCUT2D eigenvalue weighted by atomic mass is 10.2. The molecule has 0 fully saturated rings. The lowest BCUT2D eigenvalue weighted by Crippen LogP contribution is -2.23. The number of hydrogen-bond acceptors (Lipinski definition) is 5. The fourth-order valence-electron chi connectivity index (χ4n) is 3.04. The monoisotopic (exact) mass is 373 g/mol. The third kappa shape index (κ3) is 3.39. The molecular weight excluding hydrogens is 354 g/mol. The van der Waals surface area contributed by atoms with E-state index in [0.29, 0.717) is 0 Å². The van der Waals surface area contributed by atoms with E-state index in [1.54, 1.807) is 10.9 Å². The van der Waals surface area contributed by atoms with Gasteiger partial charge in [0.05, 0.1) is 28.8 Å². The standard InChI is InChI=1S/C20H19N7O/c1-14-17(15(2)27(24-14)16-8-4-3-5-9-16)12-21-23-20(28)13-26-19-11-7-6-10-18(19)22-25-26/h3-12H,13H2,1-2H3,(H,23,28)/b21-12+. The summed E-state index contributed by atoms with van der Waals surface area (Å²) in [6.07, 6.45) is 1.62. The van der Waals surface area contributed by atoms with Gasteiger partial charge in [-0.15, -0.1) is 5.10 Å². The van der Waals surface area contributed by atoms with Crippen molar-refractivity contribution in [2.24, 2.45) is 5.10 Å². The van der Waals surface area contributed by atoms with Gasteiger partial charge in [-0.2, -0.15) is 10.2 Å². The topological polar surface area (TPSA) is 90.0 Å². The number of aromatic nitrogens is 5. The van der Waals surface area contributed by atoms with Crippen LogP contribution in [0.5, 0.6) is 0 Å². The van der Waals surface area contributed by atoms with Crippen LogP contribution < -0.4 is 5.43 Å². The minimum atomic E-state index is -0.280. The first-order valence-corrected chi connectivity index (χ1v) is 8.85. The Labute approximate surface area is 161 Å². The molecule has 8 nitrogen and oxygen atoms in total. The second-order valence-corrected chi connectivity index (χ2v) is 6.36. The van der Waals surface area contributed by atoms with Crippen molar-refractivity contribution in [3.05, 3.63) is 71.5 Å². The Bertz CT molecular complexity index is 1160. The Balaban J connectivity index is 1.46. The molecule has 2 aromatic carbocycles. The van der Waals surface area contributed by atoms with Crippen molar-refractivity contribution in [3.63, 3.8) is 0 Å². The Hall–Kier alpha value is -3.81. The summed E-state index contributed by atoms with van der Waals surface area (Å²) in [6.45, 7) is 3.92. The van der Waals surface area contributed by atoms with E-state index < -0.39 is 0 Å². The summed E-state index contributed by atoms with van der Waals surface area (Å²) in [5.74, 6) is -0.280. The normalized spacial score (nSPS) is 11.4. The van der Waals surface area contributed by atoms with Gasteiger partial charge < -0.3 is 0 Å². The van der Waals surface area contributed by atoms with Crippen molar-refractivity contribution in [1.82, 2.24) is 30.2 Å². The molecule has 0 unspecified atom stereocenters. The summed E-state index contributed by atoms with van der Waals surface area (Å²) in [5.41, 5.74) is 7.72. The quantitative estimate of drug-likeness (QED) is 0.430. The Morgan fingerprint density at radius 2 is 1.86 bits per heavy atom. The summed E-state index contributed by atoms with van der Waals surface area (Å²) in [6, 6.07) is 17.4. The van der Waals surface area contributed by atoms with Crippen molar-refractivity contribution < 1.29 is 4.79 Å². The van der Waals surface area contributed by atoms with Gasteiger partial charge in [0.15, 0.2) is 0 Å². The second kappa shape index (κ2) is 7.43. The molecule has 28 heavy (non-hydrogen) atoms. The van der Waals surface area contributed by atoms with E-state index in [4.69, 9.17) is 0 Å². The molecule has 2 heterocycles. The van der Waals surface area contributed by atoms with Gasteiger partial charge in [-0.25, -0.2) is 14.8 Å². The van der Waals surface area contributed by atoms with E-state index >= 15 is 0 Å². The molecule has 0 bridgehead atoms. The average molecular weight is 373 g/mol. The molecule has 1 amide bonds. The molecule has 2 aromatic heterocycles. The van der Waals surface area contributed by atoms with Crippen LogP contribution in [0.2, 0.25) is 0 Å². The highest BCUT2D eigenvalue weighted by Gasteiger charge is 2.11. The second-order valence-electron chi connectivity index (χ2n) is 6.36. The average Bonchev–Trinajstić information content (AvgIpc) is 3.24. The largest absolute Gasteiger partial charge is 0.271 e. The zero-order valence-corrected chi connectivity index (χ0v) is 15.6. The van der Waals surface area contributed by atoms with Crippen LogP contribution >= 0.6 is 0 Å². The summed E-state index contributed by atoms with van der Waals surface area (Å²) in [4.78, 5) is 12.2. The number of hydrogen-bond donors (Lipinski definition) is 1. The fraction of sp³-hybridized carbons (Fsp3) is 0.150. The van der Waals surface area contributed by atoms with Crippen LogP contribution in [0.3, 0.4) is 0 Å². The van der Waals surface area contributed by atoms with Crippen LogP contribution in [0.1, 0.15) is 17.0 Å². The van der Waals surface area contributed by atoms with Crippen LogP contribution in [0, 0.1) is 13.8 Å². The fourth-order valence-corrected chi connectivity index (χ4v) is 3.04. The first kappa shape index (κ1) is 17.6. The van der Waals surface area contributed by atoms with E-state index in [0.717, 1.165) is 33.7 Å². The lowest BCUT2D eigenvalue weighted by Gasteiger charge is -2.03. The zero-order valence-electron chi connectivity index (χ0n) is 15.6. The SMILES string of the molecule is Cc1nn(-c2ccccc2)c(C)c1/C=N/NC(=O)Cn1nnc2ccccc21. The van der Waals surface area contributed by atoms with Crippen molar-refractivity contribution in [2.45, 2.75) is 20.4 Å². The van der Waals surface area contributed by atoms with Crippen molar-refractivity contribution in [1.29, 1.82) is 0 Å². The molecular formula is C20H19N7O. The number of benzene rings is 2. The van der Waals surface area contributed by atoms with Crippen LogP contribution in [-0.2, 0) is 11.3 Å². The molecule has 0 aliphatic rings. The maximum Gasteiger partial charge on any atom is 0.261 e. The number of carbonyl (C=O) groups excluding carboxylic acids is 1. The van der Waals surface area contributed by atoms with Crippen LogP contribution in [0.25, 0.3) is 16.7 Å². The van der Waals surface area contributed by atoms with E-state index in [9.17, 15) is 4.79 Å². The molecule has 0 saturated carbocycles. The van der Waals surface area contributed by atoms with Gasteiger partial charge in [-0.1, -0.05) is 35.5 Å². The molecule has 1 N–H and O–H groups in total. The minimum absolute atomic E-state index is 0.0408. The molecule has 0 atom stereocenters. The van der Waals surface area contributed by atoms with Crippen LogP contribution in [0.15, 0.2) is 59.7 Å². The number of hydrazone groups is 1. The van der Waals surface area contributed by atoms with Gasteiger partial charge in [0, 0.05) is 5.56 Å². The number of nitrogens with zero attached hydrogens (tertiary/aromatic N) is 6. The summed E-state index contributed by atoms with van der Waals surface area (Å²) in [5, 5.41) is 16.7. The third-order valence-electron chi connectivity index (χ3n) is 4.44. The number of nitrogens with one attached hydrogen (secondary N) is 1. The predicted molar refractivity (Wildman–Crippen MR) is 106 cm³/mol. The smallest absolute Gasteiger partial charge is 0.261 e. The maximum atomic E-state index is 12.2. The van der Waals surface area contributed by atoms with Gasteiger partial charge in [0.1, 0.15) is 12.1 Å². The first-order valence-electron chi connectivity index (χ1n) is 8.85. The molecule has 0 spiro atoms. The van der Waals surface area contributed by atoms with Gasteiger partial charge in [0.2, 0.25) is 0 Å². The zero-order chi connectivity index (χ0) is 19.5. The molecule has 0 radical (unpaired) electrons.